The Hall–Kier alpha value is -1.44. The van der Waals surface area contributed by atoms with Crippen LogP contribution in [0.4, 0.5) is 5.82 Å². The van der Waals surface area contributed by atoms with Crippen LogP contribution in [0.1, 0.15) is 34.8 Å². The molecule has 2 aromatic heterocycles. The summed E-state index contributed by atoms with van der Waals surface area (Å²) in [6.07, 6.45) is -6.88. The Morgan fingerprint density at radius 2 is 1.75 bits per heavy atom. The van der Waals surface area contributed by atoms with Crippen LogP contribution in [0.2, 0.25) is 0 Å². The number of amides is 2. The monoisotopic (exact) mass is 833 g/mol. The number of nitrogens with two attached hydrogens (primary N) is 1. The molecule has 3 rings (SSSR count). The number of hydrogen-bond donors (Lipinski definition) is 9. The van der Waals surface area contributed by atoms with Gasteiger partial charge in [-0.2, -0.15) is 4.31 Å². The first-order valence-electron chi connectivity index (χ1n) is 14.5. The molecular weight excluding hydrogens is 794 g/mol. The minimum absolute atomic E-state index is 0. The van der Waals surface area contributed by atoms with Crippen LogP contribution in [-0.4, -0.2) is 123 Å². The largest absolute Gasteiger partial charge is 1.00 e. The van der Waals surface area contributed by atoms with E-state index in [-0.39, 0.29) is 72.6 Å². The predicted molar refractivity (Wildman–Crippen MR) is 174 cm³/mol. The molecule has 24 nitrogen and oxygen atoms in total. The number of fused-ring (bicyclic) bond motifs is 1. The van der Waals surface area contributed by atoms with Gasteiger partial charge in [0.25, 0.3) is 0 Å². The van der Waals surface area contributed by atoms with Crippen LogP contribution in [0.25, 0.3) is 11.2 Å². The van der Waals surface area contributed by atoms with E-state index in [4.69, 9.17) is 19.5 Å². The smallest absolute Gasteiger partial charge is 1.00 e. The van der Waals surface area contributed by atoms with Crippen molar-refractivity contribution in [2.75, 3.05) is 37.8 Å². The number of ether oxygens (including phenoxy) is 1. The number of nitrogens with one attached hydrogen (secondary N) is 2. The first-order valence-corrected chi connectivity index (χ1v) is 20.0. The summed E-state index contributed by atoms with van der Waals surface area (Å²) in [7, 11) is -16.4. The summed E-state index contributed by atoms with van der Waals surface area (Å²) in [5, 5.41) is 26.1. The van der Waals surface area contributed by atoms with Crippen LogP contribution in [0.15, 0.2) is 12.7 Å². The number of imidazole rings is 1. The third-order valence-corrected chi connectivity index (χ3v) is 10.7. The summed E-state index contributed by atoms with van der Waals surface area (Å²) in [6, 6.07) is 0. The van der Waals surface area contributed by atoms with Gasteiger partial charge < -0.3 is 52.3 Å². The van der Waals surface area contributed by atoms with Gasteiger partial charge in [0, 0.05) is 37.6 Å². The van der Waals surface area contributed by atoms with E-state index in [1.807, 2.05) is 0 Å². The first kappa shape index (κ1) is 46.7. The molecule has 1 aliphatic heterocycles. The Balaban J connectivity index is 0.00000702. The van der Waals surface area contributed by atoms with Gasteiger partial charge >= 0.3 is 53.0 Å². The molecule has 2 aromatic rings. The van der Waals surface area contributed by atoms with E-state index in [1.165, 1.54) is 20.8 Å². The van der Waals surface area contributed by atoms with Crippen molar-refractivity contribution in [3.8, 4) is 0 Å². The van der Waals surface area contributed by atoms with Crippen LogP contribution in [0.5, 0.6) is 0 Å². The van der Waals surface area contributed by atoms with Gasteiger partial charge in [0.05, 0.1) is 19.5 Å². The average molecular weight is 834 g/mol. The van der Waals surface area contributed by atoms with E-state index in [1.54, 1.807) is 0 Å². The molecule has 3 heterocycles. The number of thioether (sulfide) groups is 1. The SMILES string of the molecule is CC(=O)SCCNC(=O)CCNC(=O)C(O)C(C)(C)COP(=O)(O)OP(=O)(O)OC[C@H]1O[C@@H](n2cnc3c(N)ncnc32)[C@H](O)[C@@H]1OP(=O)(O)O.[H-].[Na+]. The predicted octanol–water partition coefficient (Wildman–Crippen LogP) is -4.20. The second-order valence-corrected chi connectivity index (χ2v) is 16.9. The van der Waals surface area contributed by atoms with Crippen molar-refractivity contribution < 1.29 is 111 Å². The molecule has 29 heteroatoms. The van der Waals surface area contributed by atoms with Crippen LogP contribution < -0.4 is 45.9 Å². The van der Waals surface area contributed by atoms with Gasteiger partial charge in [-0.25, -0.2) is 28.6 Å². The fraction of sp³-hybridized carbons (Fsp3) is 0.652. The third kappa shape index (κ3) is 14.0. The Morgan fingerprint density at radius 1 is 1.10 bits per heavy atom. The second kappa shape index (κ2) is 19.4. The van der Waals surface area contributed by atoms with Crippen molar-refractivity contribution in [2.45, 2.75) is 57.8 Å². The Labute approximate surface area is 323 Å². The molecule has 7 atom stereocenters. The molecule has 10 N–H and O–H groups in total. The molecule has 0 saturated carbocycles. The normalized spacial score (nSPS) is 22.2. The number of anilines is 1. The summed E-state index contributed by atoms with van der Waals surface area (Å²) in [5.41, 5.74) is 4.26. The van der Waals surface area contributed by atoms with Crippen LogP contribution in [0.3, 0.4) is 0 Å². The van der Waals surface area contributed by atoms with Crippen LogP contribution >= 0.6 is 35.2 Å². The van der Waals surface area contributed by atoms with Crippen molar-refractivity contribution in [2.24, 2.45) is 5.41 Å². The van der Waals surface area contributed by atoms with Gasteiger partial charge in [0.1, 0.15) is 36.3 Å². The Bertz CT molecular complexity index is 1720. The van der Waals surface area contributed by atoms with E-state index >= 15 is 0 Å². The van der Waals surface area contributed by atoms with Crippen molar-refractivity contribution >= 4 is 69.1 Å². The fourth-order valence-electron chi connectivity index (χ4n) is 4.32. The third-order valence-electron chi connectivity index (χ3n) is 6.81. The molecule has 2 amide bonds. The molecule has 0 aliphatic carbocycles. The zero-order chi connectivity index (χ0) is 38.4. The zero-order valence-corrected chi connectivity index (χ0v) is 33.6. The van der Waals surface area contributed by atoms with E-state index < -0.39 is 84.6 Å². The van der Waals surface area contributed by atoms with Gasteiger partial charge in [-0.3, -0.25) is 32.5 Å². The summed E-state index contributed by atoms with van der Waals surface area (Å²) in [5.74, 6) is -1.08. The average Bonchev–Trinajstić information content (AvgIpc) is 3.57. The van der Waals surface area contributed by atoms with Crippen LogP contribution in [0, 0.1) is 5.41 Å². The van der Waals surface area contributed by atoms with E-state index in [0.29, 0.717) is 5.75 Å². The maximum Gasteiger partial charge on any atom is 1.00 e. The number of nitrogen functional groups attached to an aromatic ring is 1. The zero-order valence-electron chi connectivity index (χ0n) is 29.1. The summed E-state index contributed by atoms with van der Waals surface area (Å²) < 4.78 is 61.8. The van der Waals surface area contributed by atoms with Gasteiger partial charge in [-0.05, 0) is 0 Å². The second-order valence-electron chi connectivity index (χ2n) is 11.4. The number of phosphoric ester groups is 3. The number of carbonyl (C=O) groups excluding carboxylic acids is 3. The standard InChI is InChI=1S/C23H38N7O17P3S.Na.H/c1-12(31)51-7-6-25-14(32)4-5-26-21(35)18(34)23(2,3)9-44-50(41,42)47-49(39,40)43-8-13-17(46-48(36,37)38)16(33)22(45-13)30-11-29-15-19(24)27-10-28-20(15)30;;/h10-11,13,16-18,22,33-34H,4-9H2,1-3H3,(H,25,32)(H,26,35)(H,39,40)(H,41,42)(H2,24,27,28)(H2,36,37,38);;/q;+1;-1/t13-,16-,17-,18?,22-;;/m1../s1. The molecule has 0 radical (unpaired) electrons. The number of aliphatic hydroxyl groups is 2. The van der Waals surface area contributed by atoms with Crippen molar-refractivity contribution in [1.29, 1.82) is 0 Å². The number of carbonyl (C=O) groups is 3. The van der Waals surface area contributed by atoms with Crippen molar-refractivity contribution in [1.82, 2.24) is 30.2 Å². The summed E-state index contributed by atoms with van der Waals surface area (Å²) in [4.78, 5) is 85.9. The van der Waals surface area contributed by atoms with Crippen LogP contribution in [-0.2, 0) is 50.7 Å². The number of phosphoric acid groups is 3. The number of nitrogens with zero attached hydrogens (tertiary/aromatic N) is 4. The minimum Gasteiger partial charge on any atom is -1.00 e. The maximum atomic E-state index is 12.6. The number of aromatic nitrogens is 4. The quantitative estimate of drug-likeness (QED) is 0.0368. The number of aliphatic hydroxyl groups excluding tert-OH is 2. The molecule has 1 fully saturated rings. The maximum absolute atomic E-state index is 12.6. The van der Waals surface area contributed by atoms with Gasteiger partial charge in [-0.1, -0.05) is 25.6 Å². The van der Waals surface area contributed by atoms with E-state index in [2.05, 4.69) is 34.4 Å². The van der Waals surface area contributed by atoms with E-state index in [0.717, 1.165) is 29.0 Å². The molecule has 52 heavy (non-hydrogen) atoms. The minimum atomic E-state index is -5.56. The van der Waals surface area contributed by atoms with Gasteiger partial charge in [-0.15, -0.1) is 0 Å². The molecule has 3 unspecified atom stereocenters. The molecular formula is C23H39N7NaO17P3S. The Morgan fingerprint density at radius 3 is 2.38 bits per heavy atom. The number of hydrogen-bond acceptors (Lipinski definition) is 18. The summed E-state index contributed by atoms with van der Waals surface area (Å²) in [6.45, 7) is 1.90. The fourth-order valence-corrected chi connectivity index (χ4v) is 7.65. The number of rotatable bonds is 19. The topological polar surface area (TPSA) is 364 Å². The van der Waals surface area contributed by atoms with Crippen molar-refractivity contribution in [3.05, 3.63) is 12.7 Å². The molecule has 0 aromatic carbocycles. The molecule has 0 bridgehead atoms. The Kier molecular flexibility index (Phi) is 17.5. The van der Waals surface area contributed by atoms with Gasteiger partial charge in [0.15, 0.2) is 22.8 Å². The van der Waals surface area contributed by atoms with E-state index in [9.17, 15) is 57.9 Å². The first-order chi connectivity index (χ1) is 23.5. The molecule has 1 saturated heterocycles. The molecule has 1 aliphatic rings. The summed E-state index contributed by atoms with van der Waals surface area (Å²) >= 11 is 1.03. The molecule has 290 valence electrons. The van der Waals surface area contributed by atoms with Crippen molar-refractivity contribution in [3.63, 3.8) is 0 Å². The van der Waals surface area contributed by atoms with Gasteiger partial charge in [0.2, 0.25) is 11.8 Å². The molecule has 0 spiro atoms.